The van der Waals surface area contributed by atoms with Gasteiger partial charge in [0, 0.05) is 37.9 Å². The molecule has 35 heavy (non-hydrogen) atoms. The van der Waals surface area contributed by atoms with Crippen molar-refractivity contribution in [3.8, 4) is 5.75 Å². The summed E-state index contributed by atoms with van der Waals surface area (Å²) in [4.78, 5) is 20.2. The molecule has 1 aliphatic heterocycles. The minimum absolute atomic E-state index is 0.0312. The molecule has 0 saturated carbocycles. The number of methoxy groups -OCH3 is 1. The maximum atomic E-state index is 13.7. The molecule has 1 amide bonds. The van der Waals surface area contributed by atoms with Gasteiger partial charge in [-0.1, -0.05) is 17.4 Å². The Labute approximate surface area is 211 Å². The Bertz CT molecular complexity index is 1390. The van der Waals surface area contributed by atoms with Crippen LogP contribution >= 0.6 is 22.7 Å². The van der Waals surface area contributed by atoms with E-state index in [9.17, 15) is 13.2 Å². The number of hydrogen-bond donors (Lipinski definition) is 0. The fourth-order valence-corrected chi connectivity index (χ4v) is 7.81. The summed E-state index contributed by atoms with van der Waals surface area (Å²) in [6, 6.07) is 10.9. The molecule has 12 heteroatoms. The lowest BCUT2D eigenvalue weighted by Crippen LogP contribution is -2.45. The number of anilines is 1. The Morgan fingerprint density at radius 1 is 1.23 bits per heavy atom. The van der Waals surface area contributed by atoms with E-state index < -0.39 is 10.0 Å². The van der Waals surface area contributed by atoms with Crippen LogP contribution in [0.4, 0.5) is 5.13 Å². The van der Waals surface area contributed by atoms with Gasteiger partial charge in [0.05, 0.1) is 23.9 Å². The number of benzene rings is 1. The highest BCUT2D eigenvalue weighted by molar-refractivity contribution is 7.91. The molecule has 1 fully saturated rings. The first kappa shape index (κ1) is 23.9. The Hall–Kier alpha value is -2.80. The van der Waals surface area contributed by atoms with Crippen LogP contribution in [-0.4, -0.2) is 60.1 Å². The van der Waals surface area contributed by atoms with Gasteiger partial charge in [-0.15, -0.1) is 11.3 Å². The molecule has 0 bridgehead atoms. The number of hydrogen-bond acceptors (Lipinski definition) is 8. The van der Waals surface area contributed by atoms with Crippen LogP contribution in [0.1, 0.15) is 12.8 Å². The molecule has 0 N–H and O–H groups in total. The smallest absolute Gasteiger partial charge is 0.252 e. The Kier molecular flexibility index (Phi) is 6.87. The summed E-state index contributed by atoms with van der Waals surface area (Å²) in [6.07, 6.45) is 4.51. The number of aromatic nitrogens is 3. The third-order valence-corrected chi connectivity index (χ3v) is 10.4. The molecule has 3 aromatic heterocycles. The molecule has 0 unspecified atom stereocenters. The molecule has 1 aromatic carbocycles. The maximum Gasteiger partial charge on any atom is 0.252 e. The zero-order valence-electron chi connectivity index (χ0n) is 19.1. The summed E-state index contributed by atoms with van der Waals surface area (Å²) in [5, 5.41) is 6.64. The third-order valence-electron chi connectivity index (χ3n) is 6.09. The van der Waals surface area contributed by atoms with Crippen LogP contribution in [0.5, 0.6) is 5.75 Å². The standard InChI is InChI=1S/C23H25N5O4S3/c1-32-18-5-6-19-20(16-18)34-23(25-19)28(14-13-26-10-3-9-24-26)22(29)17-7-11-27(12-8-17)35(30,31)21-4-2-15-33-21/h2-6,9-10,15-17H,7-8,11-14H2,1H3. The summed E-state index contributed by atoms with van der Waals surface area (Å²) in [6.45, 7) is 1.59. The molecule has 184 valence electrons. The fourth-order valence-electron chi connectivity index (χ4n) is 4.17. The van der Waals surface area contributed by atoms with Gasteiger partial charge < -0.3 is 4.74 Å². The summed E-state index contributed by atoms with van der Waals surface area (Å²) in [7, 11) is -1.89. The van der Waals surface area contributed by atoms with E-state index in [0.717, 1.165) is 16.0 Å². The number of fused-ring (bicyclic) bond motifs is 1. The molecule has 0 radical (unpaired) electrons. The van der Waals surface area contributed by atoms with Crippen LogP contribution in [0.2, 0.25) is 0 Å². The molecule has 4 heterocycles. The number of amides is 1. The zero-order valence-corrected chi connectivity index (χ0v) is 21.6. The minimum atomic E-state index is -3.51. The average Bonchev–Trinajstić information content (AvgIpc) is 3.66. The van der Waals surface area contributed by atoms with E-state index in [0.29, 0.717) is 48.4 Å². The first-order valence-electron chi connectivity index (χ1n) is 11.2. The first-order chi connectivity index (χ1) is 17.0. The predicted octanol–water partition coefficient (Wildman–Crippen LogP) is 3.70. The largest absolute Gasteiger partial charge is 0.497 e. The van der Waals surface area contributed by atoms with Crippen LogP contribution in [0.15, 0.2) is 58.4 Å². The van der Waals surface area contributed by atoms with Crippen LogP contribution in [-0.2, 0) is 21.4 Å². The van der Waals surface area contributed by atoms with E-state index in [4.69, 9.17) is 9.72 Å². The average molecular weight is 532 g/mol. The third kappa shape index (κ3) is 4.96. The van der Waals surface area contributed by atoms with E-state index >= 15 is 0 Å². The van der Waals surface area contributed by atoms with Crippen molar-refractivity contribution < 1.29 is 17.9 Å². The molecule has 4 aromatic rings. The van der Waals surface area contributed by atoms with Crippen molar-refractivity contribution in [2.45, 2.75) is 23.6 Å². The number of carbonyl (C=O) groups excluding carboxylic acids is 1. The molecule has 1 saturated heterocycles. The van der Waals surface area contributed by atoms with E-state index in [2.05, 4.69) is 5.10 Å². The second kappa shape index (κ2) is 10.1. The van der Waals surface area contributed by atoms with Gasteiger partial charge in [-0.3, -0.25) is 14.4 Å². The first-order valence-corrected chi connectivity index (χ1v) is 14.4. The molecule has 0 atom stereocenters. The van der Waals surface area contributed by atoms with Crippen LogP contribution in [0.25, 0.3) is 10.2 Å². The second-order valence-corrected chi connectivity index (χ2v) is 12.3. The van der Waals surface area contributed by atoms with Crippen molar-refractivity contribution >= 4 is 54.0 Å². The number of rotatable bonds is 8. The highest BCUT2D eigenvalue weighted by Crippen LogP contribution is 2.34. The van der Waals surface area contributed by atoms with Crippen molar-refractivity contribution in [1.82, 2.24) is 19.1 Å². The Morgan fingerprint density at radius 3 is 2.74 bits per heavy atom. The van der Waals surface area contributed by atoms with Crippen LogP contribution in [0.3, 0.4) is 0 Å². The number of ether oxygens (including phenoxy) is 1. The highest BCUT2D eigenvalue weighted by Gasteiger charge is 2.35. The van der Waals surface area contributed by atoms with E-state index in [1.807, 2.05) is 30.5 Å². The SMILES string of the molecule is COc1ccc2nc(N(CCn3cccn3)C(=O)C3CCN(S(=O)(=O)c4cccs4)CC3)sc2c1. The van der Waals surface area contributed by atoms with Crippen molar-refractivity contribution in [3.05, 3.63) is 54.2 Å². The highest BCUT2D eigenvalue weighted by atomic mass is 32.2. The van der Waals surface area contributed by atoms with Gasteiger partial charge >= 0.3 is 0 Å². The van der Waals surface area contributed by atoms with Crippen molar-refractivity contribution in [1.29, 1.82) is 0 Å². The van der Waals surface area contributed by atoms with Gasteiger partial charge in [0.2, 0.25) is 5.91 Å². The lowest BCUT2D eigenvalue weighted by Gasteiger charge is -2.32. The van der Waals surface area contributed by atoms with Gasteiger partial charge in [-0.2, -0.15) is 9.40 Å². The van der Waals surface area contributed by atoms with Gasteiger partial charge in [-0.05, 0) is 48.6 Å². The van der Waals surface area contributed by atoms with Crippen molar-refractivity contribution in [2.24, 2.45) is 5.92 Å². The topological polar surface area (TPSA) is 97.6 Å². The molecule has 0 spiro atoms. The van der Waals surface area contributed by atoms with Crippen molar-refractivity contribution in [2.75, 3.05) is 31.6 Å². The lowest BCUT2D eigenvalue weighted by atomic mass is 9.96. The van der Waals surface area contributed by atoms with E-state index in [1.165, 1.54) is 27.0 Å². The maximum absolute atomic E-state index is 13.7. The summed E-state index contributed by atoms with van der Waals surface area (Å²) in [5.41, 5.74) is 0.805. The number of nitrogens with zero attached hydrogens (tertiary/aromatic N) is 5. The second-order valence-electron chi connectivity index (χ2n) is 8.20. The normalized spacial score (nSPS) is 15.5. The van der Waals surface area contributed by atoms with Gasteiger partial charge in [0.25, 0.3) is 10.0 Å². The number of piperidine rings is 1. The molecule has 5 rings (SSSR count). The monoisotopic (exact) mass is 531 g/mol. The number of thiazole rings is 1. The Balaban J connectivity index is 1.35. The quantitative estimate of drug-likeness (QED) is 0.344. The van der Waals surface area contributed by atoms with Gasteiger partial charge in [0.15, 0.2) is 5.13 Å². The van der Waals surface area contributed by atoms with Crippen LogP contribution < -0.4 is 9.64 Å². The summed E-state index contributed by atoms with van der Waals surface area (Å²) < 4.78 is 35.6. The van der Waals surface area contributed by atoms with Crippen LogP contribution in [0, 0.1) is 5.92 Å². The van der Waals surface area contributed by atoms with Gasteiger partial charge in [-0.25, -0.2) is 13.4 Å². The molecule has 0 aliphatic carbocycles. The zero-order chi connectivity index (χ0) is 24.4. The Morgan fingerprint density at radius 2 is 2.06 bits per heavy atom. The molecule has 1 aliphatic rings. The lowest BCUT2D eigenvalue weighted by molar-refractivity contribution is -0.123. The van der Waals surface area contributed by atoms with Crippen molar-refractivity contribution in [3.63, 3.8) is 0 Å². The minimum Gasteiger partial charge on any atom is -0.497 e. The number of carbonyl (C=O) groups is 1. The number of thiophene rings is 1. The summed E-state index contributed by atoms with van der Waals surface area (Å²) >= 11 is 2.66. The predicted molar refractivity (Wildman–Crippen MR) is 137 cm³/mol. The fraction of sp³-hybridized carbons (Fsp3) is 0.348. The van der Waals surface area contributed by atoms with E-state index in [-0.39, 0.29) is 11.8 Å². The molecule has 9 nitrogen and oxygen atoms in total. The van der Waals surface area contributed by atoms with E-state index in [1.54, 1.807) is 40.4 Å². The molecular weight excluding hydrogens is 506 g/mol. The van der Waals surface area contributed by atoms with Gasteiger partial charge in [0.1, 0.15) is 9.96 Å². The summed E-state index contributed by atoms with van der Waals surface area (Å²) in [5.74, 6) is 0.432. The molecular formula is C23H25N5O4S3. The number of sulfonamides is 1.